The number of hydrogen-bond donors (Lipinski definition) is 2. The Morgan fingerprint density at radius 1 is 1.20 bits per heavy atom. The molecule has 1 unspecified atom stereocenters. The third-order valence-corrected chi connectivity index (χ3v) is 7.32. The van der Waals surface area contributed by atoms with Gasteiger partial charge in [0.1, 0.15) is 11.6 Å². The largest absolute Gasteiger partial charge is 0.494 e. The van der Waals surface area contributed by atoms with Gasteiger partial charge >= 0.3 is 0 Å². The maximum atomic E-state index is 15.8. The molecular weight excluding hydrogens is 474 g/mol. The average molecular weight is 499 g/mol. The number of amides is 1. The Labute approximate surface area is 207 Å². The highest BCUT2D eigenvalue weighted by Crippen LogP contribution is 2.52. The smallest absolute Gasteiger partial charge is 0.251 e. The predicted octanol–water partition coefficient (Wildman–Crippen LogP) is 5.24. The van der Waals surface area contributed by atoms with Crippen LogP contribution in [0.25, 0.3) is 11.1 Å². The second-order valence-electron chi connectivity index (χ2n) is 8.79. The third kappa shape index (κ3) is 3.74. The molecule has 3 aromatic carbocycles. The van der Waals surface area contributed by atoms with Gasteiger partial charge in [0.2, 0.25) is 0 Å². The SMILES string of the molecule is CNC(=O)c1ccc(OC)c(F)c1-c1c(Cl)c(F)cc2c1C[C@](c1ccccc1)(C1CCCN1)O2. The summed E-state index contributed by atoms with van der Waals surface area (Å²) in [5, 5.41) is 5.77. The maximum absolute atomic E-state index is 15.8. The molecule has 3 aromatic rings. The molecule has 5 nitrogen and oxygen atoms in total. The lowest BCUT2D eigenvalue weighted by molar-refractivity contribution is 0.0539. The van der Waals surface area contributed by atoms with E-state index in [4.69, 9.17) is 21.1 Å². The lowest BCUT2D eigenvalue weighted by atomic mass is 9.80. The van der Waals surface area contributed by atoms with Gasteiger partial charge in [0, 0.05) is 36.2 Å². The summed E-state index contributed by atoms with van der Waals surface area (Å²) in [4.78, 5) is 12.7. The van der Waals surface area contributed by atoms with Gasteiger partial charge < -0.3 is 20.1 Å². The quantitative estimate of drug-likeness (QED) is 0.505. The monoisotopic (exact) mass is 498 g/mol. The maximum Gasteiger partial charge on any atom is 0.251 e. The molecule has 1 saturated heterocycles. The van der Waals surface area contributed by atoms with Crippen LogP contribution in [-0.4, -0.2) is 32.7 Å². The fourth-order valence-electron chi connectivity index (χ4n) is 5.31. The van der Waals surface area contributed by atoms with Gasteiger partial charge in [0.15, 0.2) is 17.2 Å². The van der Waals surface area contributed by atoms with E-state index in [0.29, 0.717) is 12.0 Å². The van der Waals surface area contributed by atoms with Crippen LogP contribution in [0.15, 0.2) is 48.5 Å². The van der Waals surface area contributed by atoms with E-state index in [1.807, 2.05) is 30.3 Å². The summed E-state index contributed by atoms with van der Waals surface area (Å²) in [6, 6.07) is 13.8. The number of fused-ring (bicyclic) bond motifs is 1. The van der Waals surface area contributed by atoms with Crippen LogP contribution in [0, 0.1) is 11.6 Å². The van der Waals surface area contributed by atoms with Crippen molar-refractivity contribution in [2.45, 2.75) is 30.9 Å². The number of halogens is 3. The summed E-state index contributed by atoms with van der Waals surface area (Å²) in [7, 11) is 2.77. The van der Waals surface area contributed by atoms with Crippen molar-refractivity contribution in [1.82, 2.24) is 10.6 Å². The molecule has 0 spiro atoms. The number of ether oxygens (including phenoxy) is 2. The Morgan fingerprint density at radius 2 is 1.97 bits per heavy atom. The topological polar surface area (TPSA) is 59.6 Å². The molecule has 0 radical (unpaired) electrons. The van der Waals surface area contributed by atoms with Crippen molar-refractivity contribution in [1.29, 1.82) is 0 Å². The first-order valence-corrected chi connectivity index (χ1v) is 11.9. The van der Waals surface area contributed by atoms with E-state index in [2.05, 4.69) is 10.6 Å². The van der Waals surface area contributed by atoms with E-state index in [1.54, 1.807) is 0 Å². The Hall–Kier alpha value is -3.16. The van der Waals surface area contributed by atoms with Crippen LogP contribution in [0.4, 0.5) is 8.78 Å². The molecule has 2 aliphatic heterocycles. The number of hydrogen-bond acceptors (Lipinski definition) is 4. The number of benzene rings is 3. The summed E-state index contributed by atoms with van der Waals surface area (Å²) in [5.41, 5.74) is 0.650. The lowest BCUT2D eigenvalue weighted by Crippen LogP contribution is -2.48. The second-order valence-corrected chi connectivity index (χ2v) is 9.17. The van der Waals surface area contributed by atoms with Crippen LogP contribution in [0.3, 0.4) is 0 Å². The molecule has 5 rings (SSSR count). The highest BCUT2D eigenvalue weighted by atomic mass is 35.5. The fraction of sp³-hybridized carbons (Fsp3) is 0.296. The van der Waals surface area contributed by atoms with Crippen LogP contribution < -0.4 is 20.1 Å². The van der Waals surface area contributed by atoms with E-state index < -0.39 is 23.1 Å². The van der Waals surface area contributed by atoms with Crippen molar-refractivity contribution in [3.8, 4) is 22.6 Å². The molecule has 1 amide bonds. The molecule has 1 fully saturated rings. The van der Waals surface area contributed by atoms with Crippen molar-refractivity contribution in [2.24, 2.45) is 0 Å². The van der Waals surface area contributed by atoms with Crippen LogP contribution in [0.2, 0.25) is 5.02 Å². The molecule has 182 valence electrons. The van der Waals surface area contributed by atoms with Crippen molar-refractivity contribution in [3.63, 3.8) is 0 Å². The Morgan fingerprint density at radius 3 is 2.63 bits per heavy atom. The molecule has 0 saturated carbocycles. The number of nitrogens with one attached hydrogen (secondary N) is 2. The van der Waals surface area contributed by atoms with E-state index in [9.17, 15) is 4.79 Å². The zero-order valence-corrected chi connectivity index (χ0v) is 20.1. The minimum absolute atomic E-state index is 0.0247. The second kappa shape index (κ2) is 9.13. The Kier molecular flexibility index (Phi) is 6.15. The van der Waals surface area contributed by atoms with Crippen LogP contribution >= 0.6 is 11.6 Å². The molecule has 2 N–H and O–H groups in total. The molecule has 8 heteroatoms. The number of methoxy groups -OCH3 is 1. The zero-order valence-electron chi connectivity index (χ0n) is 19.4. The summed E-state index contributed by atoms with van der Waals surface area (Å²) in [6.45, 7) is 0.840. The summed E-state index contributed by atoms with van der Waals surface area (Å²) >= 11 is 6.51. The standard InChI is InChI=1S/C27H25ClF2N2O3/c1-31-26(33)16-10-11-19(34-2)25(30)23(16)22-17-14-27(21-9-6-12-32-21,15-7-4-3-5-8-15)35-20(17)13-18(29)24(22)28/h3-5,7-8,10-11,13,21,32H,6,9,12,14H2,1-2H3,(H,31,33)/t21?,27-/m0/s1. The molecule has 2 aliphatic rings. The van der Waals surface area contributed by atoms with Crippen molar-refractivity contribution < 1.29 is 23.0 Å². The molecule has 0 aliphatic carbocycles. The summed E-state index contributed by atoms with van der Waals surface area (Å²) < 4.78 is 42.7. The summed E-state index contributed by atoms with van der Waals surface area (Å²) in [5.74, 6) is -1.87. The van der Waals surface area contributed by atoms with Crippen molar-refractivity contribution in [3.05, 3.63) is 81.9 Å². The van der Waals surface area contributed by atoms with Gasteiger partial charge in [-0.3, -0.25) is 4.79 Å². The number of carbonyl (C=O) groups is 1. The van der Waals surface area contributed by atoms with E-state index in [-0.39, 0.29) is 39.3 Å². The average Bonchev–Trinajstić information content (AvgIpc) is 3.54. The Bertz CT molecular complexity index is 1300. The molecule has 2 heterocycles. The number of carbonyl (C=O) groups excluding carboxylic acids is 1. The first kappa shape index (κ1) is 23.6. The third-order valence-electron chi connectivity index (χ3n) is 6.95. The highest BCUT2D eigenvalue weighted by Gasteiger charge is 2.50. The van der Waals surface area contributed by atoms with Crippen LogP contribution in [0.5, 0.6) is 11.5 Å². The minimum Gasteiger partial charge on any atom is -0.494 e. The zero-order chi connectivity index (χ0) is 24.7. The first-order chi connectivity index (χ1) is 16.9. The minimum atomic E-state index is -0.839. The van der Waals surface area contributed by atoms with Gasteiger partial charge in [-0.15, -0.1) is 0 Å². The van der Waals surface area contributed by atoms with Gasteiger partial charge in [-0.25, -0.2) is 8.78 Å². The highest BCUT2D eigenvalue weighted by molar-refractivity contribution is 6.34. The molecule has 35 heavy (non-hydrogen) atoms. The van der Waals surface area contributed by atoms with E-state index >= 15 is 8.78 Å². The molecule has 0 bridgehead atoms. The van der Waals surface area contributed by atoms with Gasteiger partial charge in [-0.05, 0) is 37.1 Å². The molecule has 2 atom stereocenters. The van der Waals surface area contributed by atoms with E-state index in [0.717, 1.165) is 24.9 Å². The van der Waals surface area contributed by atoms with E-state index in [1.165, 1.54) is 32.4 Å². The van der Waals surface area contributed by atoms with Gasteiger partial charge in [0.25, 0.3) is 5.91 Å². The lowest BCUT2D eigenvalue weighted by Gasteiger charge is -2.35. The fourth-order valence-corrected chi connectivity index (χ4v) is 5.57. The van der Waals surface area contributed by atoms with Gasteiger partial charge in [0.05, 0.1) is 23.7 Å². The molecule has 0 aromatic heterocycles. The predicted molar refractivity (Wildman–Crippen MR) is 130 cm³/mol. The van der Waals surface area contributed by atoms with Crippen LogP contribution in [-0.2, 0) is 12.0 Å². The first-order valence-electron chi connectivity index (χ1n) is 11.5. The van der Waals surface area contributed by atoms with Crippen molar-refractivity contribution >= 4 is 17.5 Å². The van der Waals surface area contributed by atoms with Crippen LogP contribution in [0.1, 0.15) is 34.3 Å². The van der Waals surface area contributed by atoms with Crippen molar-refractivity contribution in [2.75, 3.05) is 20.7 Å². The normalized spacial score (nSPS) is 20.9. The summed E-state index contributed by atoms with van der Waals surface area (Å²) in [6.07, 6.45) is 2.17. The Balaban J connectivity index is 1.77. The van der Waals surface area contributed by atoms with Gasteiger partial charge in [-0.2, -0.15) is 0 Å². The number of rotatable bonds is 5. The van der Waals surface area contributed by atoms with Gasteiger partial charge in [-0.1, -0.05) is 41.9 Å². The molecular formula is C27H25ClF2N2O3.